The predicted molar refractivity (Wildman–Crippen MR) is 68.3 cm³/mol. The molecule has 0 unspecified atom stereocenters. The van der Waals surface area contributed by atoms with E-state index in [1.165, 1.54) is 0 Å². The molecule has 1 heterocycles. The molecule has 0 atom stereocenters. The van der Waals surface area contributed by atoms with Crippen molar-refractivity contribution < 1.29 is 9.47 Å². The van der Waals surface area contributed by atoms with Crippen molar-refractivity contribution in [2.75, 3.05) is 14.2 Å². The van der Waals surface area contributed by atoms with Gasteiger partial charge in [-0.05, 0) is 34.1 Å². The van der Waals surface area contributed by atoms with Crippen molar-refractivity contribution in [3.8, 4) is 22.9 Å². The molecular formula is C12H11BrN2O2. The molecule has 0 amide bonds. The van der Waals surface area contributed by atoms with Gasteiger partial charge in [-0.15, -0.1) is 10.2 Å². The summed E-state index contributed by atoms with van der Waals surface area (Å²) in [7, 11) is 3.19. The van der Waals surface area contributed by atoms with E-state index in [4.69, 9.17) is 9.47 Å². The number of aromatic nitrogens is 2. The van der Waals surface area contributed by atoms with E-state index in [9.17, 15) is 0 Å². The molecule has 1 aromatic carbocycles. The molecule has 0 N–H and O–H groups in total. The van der Waals surface area contributed by atoms with Gasteiger partial charge in [-0.1, -0.05) is 12.1 Å². The fourth-order valence-electron chi connectivity index (χ4n) is 1.42. The van der Waals surface area contributed by atoms with Crippen molar-refractivity contribution in [2.45, 2.75) is 0 Å². The maximum absolute atomic E-state index is 5.17. The molecule has 0 fully saturated rings. The molecular weight excluding hydrogens is 284 g/mol. The van der Waals surface area contributed by atoms with Gasteiger partial charge in [-0.2, -0.15) is 0 Å². The van der Waals surface area contributed by atoms with E-state index in [-0.39, 0.29) is 0 Å². The lowest BCUT2D eigenvalue weighted by Gasteiger charge is -2.05. The average Bonchev–Trinajstić information content (AvgIpc) is 2.38. The number of nitrogens with zero attached hydrogens (tertiary/aromatic N) is 2. The first kappa shape index (κ1) is 11.9. The predicted octanol–water partition coefficient (Wildman–Crippen LogP) is 2.92. The van der Waals surface area contributed by atoms with Crippen LogP contribution in [0.3, 0.4) is 0 Å². The minimum atomic E-state index is 0.469. The zero-order valence-electron chi connectivity index (χ0n) is 9.48. The van der Waals surface area contributed by atoms with Crippen molar-refractivity contribution in [2.24, 2.45) is 0 Å². The van der Waals surface area contributed by atoms with Crippen LogP contribution >= 0.6 is 15.9 Å². The fourth-order valence-corrected chi connectivity index (χ4v) is 1.88. The minimum absolute atomic E-state index is 0.469. The summed E-state index contributed by atoms with van der Waals surface area (Å²) in [6.45, 7) is 0. The van der Waals surface area contributed by atoms with Crippen LogP contribution in [0.4, 0.5) is 0 Å². The van der Waals surface area contributed by atoms with E-state index in [1.54, 1.807) is 14.2 Å². The SMILES string of the molecule is COc1cccc(-c2cc(Br)c(OC)nn2)c1. The zero-order chi connectivity index (χ0) is 12.3. The molecule has 4 nitrogen and oxygen atoms in total. The zero-order valence-corrected chi connectivity index (χ0v) is 11.1. The first-order valence-electron chi connectivity index (χ1n) is 4.96. The highest BCUT2D eigenvalue weighted by atomic mass is 79.9. The van der Waals surface area contributed by atoms with Gasteiger partial charge in [-0.25, -0.2) is 0 Å². The van der Waals surface area contributed by atoms with Crippen molar-refractivity contribution in [3.63, 3.8) is 0 Å². The highest BCUT2D eigenvalue weighted by molar-refractivity contribution is 9.10. The van der Waals surface area contributed by atoms with Crippen LogP contribution in [0, 0.1) is 0 Å². The third-order valence-electron chi connectivity index (χ3n) is 2.28. The summed E-state index contributed by atoms with van der Waals surface area (Å²) in [6.07, 6.45) is 0. The van der Waals surface area contributed by atoms with Crippen LogP contribution in [-0.2, 0) is 0 Å². The highest BCUT2D eigenvalue weighted by Gasteiger charge is 2.07. The first-order valence-corrected chi connectivity index (χ1v) is 5.75. The second kappa shape index (κ2) is 5.14. The molecule has 1 aromatic heterocycles. The van der Waals surface area contributed by atoms with Crippen LogP contribution in [0.15, 0.2) is 34.8 Å². The number of halogens is 1. The van der Waals surface area contributed by atoms with E-state index >= 15 is 0 Å². The van der Waals surface area contributed by atoms with Gasteiger partial charge in [0.1, 0.15) is 5.75 Å². The lowest BCUT2D eigenvalue weighted by molar-refractivity contribution is 0.389. The summed E-state index contributed by atoms with van der Waals surface area (Å²) in [5.74, 6) is 1.26. The van der Waals surface area contributed by atoms with Gasteiger partial charge >= 0.3 is 0 Å². The fraction of sp³-hybridized carbons (Fsp3) is 0.167. The number of hydrogen-bond acceptors (Lipinski definition) is 4. The Kier molecular flexibility index (Phi) is 3.58. The maximum atomic E-state index is 5.17. The molecule has 17 heavy (non-hydrogen) atoms. The number of benzene rings is 1. The van der Waals surface area contributed by atoms with Gasteiger partial charge in [0.2, 0.25) is 5.88 Å². The van der Waals surface area contributed by atoms with Gasteiger partial charge in [0.15, 0.2) is 0 Å². The van der Waals surface area contributed by atoms with Gasteiger partial charge in [0.25, 0.3) is 0 Å². The van der Waals surface area contributed by atoms with Crippen LogP contribution in [0.1, 0.15) is 0 Å². The monoisotopic (exact) mass is 294 g/mol. The molecule has 0 spiro atoms. The third kappa shape index (κ3) is 2.55. The number of methoxy groups -OCH3 is 2. The highest BCUT2D eigenvalue weighted by Crippen LogP contribution is 2.27. The van der Waals surface area contributed by atoms with Crippen LogP contribution in [0.2, 0.25) is 0 Å². The Bertz CT molecular complexity index is 532. The Morgan fingerprint density at radius 1 is 1.06 bits per heavy atom. The smallest absolute Gasteiger partial charge is 0.247 e. The van der Waals surface area contributed by atoms with Crippen molar-refractivity contribution in [1.29, 1.82) is 0 Å². The molecule has 2 aromatic rings. The molecule has 0 aliphatic heterocycles. The van der Waals surface area contributed by atoms with Gasteiger partial charge in [0, 0.05) is 5.56 Å². The first-order chi connectivity index (χ1) is 8.24. The van der Waals surface area contributed by atoms with Crippen molar-refractivity contribution in [1.82, 2.24) is 10.2 Å². The summed E-state index contributed by atoms with van der Waals surface area (Å²) in [4.78, 5) is 0. The summed E-state index contributed by atoms with van der Waals surface area (Å²) < 4.78 is 11.0. The quantitative estimate of drug-likeness (QED) is 0.873. The lowest BCUT2D eigenvalue weighted by atomic mass is 10.1. The van der Waals surface area contributed by atoms with Gasteiger partial charge in [0.05, 0.1) is 24.4 Å². The number of hydrogen-bond donors (Lipinski definition) is 0. The lowest BCUT2D eigenvalue weighted by Crippen LogP contribution is -1.94. The third-order valence-corrected chi connectivity index (χ3v) is 2.84. The van der Waals surface area contributed by atoms with E-state index < -0.39 is 0 Å². The molecule has 2 rings (SSSR count). The maximum Gasteiger partial charge on any atom is 0.247 e. The largest absolute Gasteiger partial charge is 0.497 e. The molecule has 0 aliphatic carbocycles. The molecule has 0 bridgehead atoms. The standard InChI is InChI=1S/C12H11BrN2O2/c1-16-9-5-3-4-8(6-9)11-7-10(13)12(17-2)15-14-11/h3-7H,1-2H3. The Balaban J connectivity index is 2.42. The Hall–Kier alpha value is -1.62. The molecule has 5 heteroatoms. The van der Waals surface area contributed by atoms with Crippen LogP contribution in [0.25, 0.3) is 11.3 Å². The summed E-state index contributed by atoms with van der Waals surface area (Å²) >= 11 is 3.38. The second-order valence-electron chi connectivity index (χ2n) is 3.32. The van der Waals surface area contributed by atoms with E-state index in [0.717, 1.165) is 21.5 Å². The van der Waals surface area contributed by atoms with Crippen molar-refractivity contribution >= 4 is 15.9 Å². The molecule has 88 valence electrons. The Morgan fingerprint density at radius 3 is 2.53 bits per heavy atom. The van der Waals surface area contributed by atoms with Crippen LogP contribution in [0.5, 0.6) is 11.6 Å². The normalized spacial score (nSPS) is 10.1. The van der Waals surface area contributed by atoms with Crippen LogP contribution < -0.4 is 9.47 Å². The summed E-state index contributed by atoms with van der Waals surface area (Å²) in [5, 5.41) is 8.06. The van der Waals surface area contributed by atoms with Gasteiger partial charge in [-0.3, -0.25) is 0 Å². The Labute approximate surface area is 108 Å². The summed E-state index contributed by atoms with van der Waals surface area (Å²) in [5.41, 5.74) is 1.71. The average molecular weight is 295 g/mol. The van der Waals surface area contributed by atoms with E-state index in [1.807, 2.05) is 30.3 Å². The van der Waals surface area contributed by atoms with E-state index in [0.29, 0.717) is 5.88 Å². The number of rotatable bonds is 3. The van der Waals surface area contributed by atoms with E-state index in [2.05, 4.69) is 26.1 Å². The second-order valence-corrected chi connectivity index (χ2v) is 4.17. The molecule has 0 aliphatic rings. The van der Waals surface area contributed by atoms with Gasteiger partial charge < -0.3 is 9.47 Å². The number of ether oxygens (including phenoxy) is 2. The Morgan fingerprint density at radius 2 is 1.88 bits per heavy atom. The molecule has 0 saturated carbocycles. The molecule has 0 radical (unpaired) electrons. The topological polar surface area (TPSA) is 44.2 Å². The minimum Gasteiger partial charge on any atom is -0.497 e. The summed E-state index contributed by atoms with van der Waals surface area (Å²) in [6, 6.07) is 9.51. The van der Waals surface area contributed by atoms with Crippen molar-refractivity contribution in [3.05, 3.63) is 34.8 Å². The van der Waals surface area contributed by atoms with Crippen LogP contribution in [-0.4, -0.2) is 24.4 Å². The molecule has 0 saturated heterocycles.